The first-order chi connectivity index (χ1) is 11.0. The van der Waals surface area contributed by atoms with E-state index < -0.39 is 21.9 Å². The van der Waals surface area contributed by atoms with E-state index in [1.165, 1.54) is 0 Å². The summed E-state index contributed by atoms with van der Waals surface area (Å²) in [7, 11) is -3.81. The molecule has 0 fully saturated rings. The third-order valence-electron chi connectivity index (χ3n) is 3.27. The molecule has 8 heteroatoms. The molecule has 0 saturated heterocycles. The zero-order valence-corrected chi connectivity index (χ0v) is 13.4. The van der Waals surface area contributed by atoms with Crippen LogP contribution in [0.5, 0.6) is 11.5 Å². The SMILES string of the molecule is O=S(=O)(NC[C@@H]1COc2ccccc2O1)c1ccc(F)c(Cl)c1. The van der Waals surface area contributed by atoms with Crippen LogP contribution in [0.15, 0.2) is 47.4 Å². The van der Waals surface area contributed by atoms with Crippen LogP contribution in [0.2, 0.25) is 5.02 Å². The second kappa shape index (κ2) is 6.35. The Balaban J connectivity index is 1.67. The van der Waals surface area contributed by atoms with Crippen LogP contribution in [0.4, 0.5) is 4.39 Å². The summed E-state index contributed by atoms with van der Waals surface area (Å²) in [6.07, 6.45) is -0.462. The molecule has 0 radical (unpaired) electrons. The van der Waals surface area contributed by atoms with Crippen molar-refractivity contribution in [2.24, 2.45) is 0 Å². The highest BCUT2D eigenvalue weighted by atomic mass is 35.5. The molecule has 23 heavy (non-hydrogen) atoms. The van der Waals surface area contributed by atoms with Gasteiger partial charge in [-0.25, -0.2) is 17.5 Å². The molecule has 0 spiro atoms. The van der Waals surface area contributed by atoms with Gasteiger partial charge in [0.15, 0.2) is 11.5 Å². The van der Waals surface area contributed by atoms with Gasteiger partial charge in [-0.15, -0.1) is 0 Å². The second-order valence-corrected chi connectivity index (χ2v) is 7.10. The maximum absolute atomic E-state index is 13.1. The van der Waals surface area contributed by atoms with Gasteiger partial charge in [0.05, 0.1) is 16.5 Å². The third kappa shape index (κ3) is 3.57. The van der Waals surface area contributed by atoms with Crippen molar-refractivity contribution in [3.8, 4) is 11.5 Å². The minimum atomic E-state index is -3.81. The van der Waals surface area contributed by atoms with Crippen LogP contribution in [-0.2, 0) is 10.0 Å². The molecule has 0 bridgehead atoms. The summed E-state index contributed by atoms with van der Waals surface area (Å²) in [6, 6.07) is 10.4. The molecule has 0 amide bonds. The Labute approximate surface area is 138 Å². The van der Waals surface area contributed by atoms with Gasteiger partial charge in [0.25, 0.3) is 0 Å². The van der Waals surface area contributed by atoms with Gasteiger partial charge in [0, 0.05) is 0 Å². The van der Waals surface area contributed by atoms with Crippen LogP contribution in [0, 0.1) is 5.82 Å². The fourth-order valence-corrected chi connectivity index (χ4v) is 3.43. The van der Waals surface area contributed by atoms with E-state index >= 15 is 0 Å². The van der Waals surface area contributed by atoms with Crippen molar-refractivity contribution in [3.63, 3.8) is 0 Å². The number of rotatable bonds is 4. The molecule has 1 N–H and O–H groups in total. The van der Waals surface area contributed by atoms with Gasteiger partial charge in [-0.05, 0) is 30.3 Å². The summed E-state index contributed by atoms with van der Waals surface area (Å²) in [5.74, 6) is 0.510. The molecule has 1 aliphatic heterocycles. The summed E-state index contributed by atoms with van der Waals surface area (Å²) in [5.41, 5.74) is 0. The number of hydrogen-bond acceptors (Lipinski definition) is 4. The molecule has 1 heterocycles. The molecule has 2 aromatic carbocycles. The topological polar surface area (TPSA) is 64.6 Å². The van der Waals surface area contributed by atoms with Crippen molar-refractivity contribution in [1.82, 2.24) is 4.72 Å². The Morgan fingerprint density at radius 3 is 2.70 bits per heavy atom. The smallest absolute Gasteiger partial charge is 0.240 e. The molecule has 5 nitrogen and oxygen atoms in total. The summed E-state index contributed by atoms with van der Waals surface area (Å²) in [6.45, 7) is 0.245. The van der Waals surface area contributed by atoms with Gasteiger partial charge < -0.3 is 9.47 Å². The molecule has 0 aliphatic carbocycles. The molecule has 2 aromatic rings. The fourth-order valence-electron chi connectivity index (χ4n) is 2.09. The predicted molar refractivity (Wildman–Crippen MR) is 83.0 cm³/mol. The van der Waals surface area contributed by atoms with Gasteiger partial charge in [0.2, 0.25) is 10.0 Å². The number of nitrogens with one attached hydrogen (secondary N) is 1. The number of fused-ring (bicyclic) bond motifs is 1. The predicted octanol–water partition coefficient (Wildman–Crippen LogP) is 2.60. The summed E-state index contributed by atoms with van der Waals surface area (Å²) in [4.78, 5) is -0.110. The van der Waals surface area contributed by atoms with E-state index in [0.29, 0.717) is 11.5 Å². The highest BCUT2D eigenvalue weighted by Crippen LogP contribution is 2.30. The molecular formula is C15H13ClFNO4S. The van der Waals surface area contributed by atoms with Crippen LogP contribution in [0.3, 0.4) is 0 Å². The lowest BCUT2D eigenvalue weighted by atomic mass is 10.2. The first-order valence-electron chi connectivity index (χ1n) is 6.79. The quantitative estimate of drug-likeness (QED) is 0.913. The largest absolute Gasteiger partial charge is 0.486 e. The van der Waals surface area contributed by atoms with E-state index in [4.69, 9.17) is 21.1 Å². The minimum absolute atomic E-state index is 0.0195. The number of sulfonamides is 1. The number of ether oxygens (including phenoxy) is 2. The van der Waals surface area contributed by atoms with Crippen molar-refractivity contribution in [2.45, 2.75) is 11.0 Å². The summed E-state index contributed by atoms with van der Waals surface area (Å²) in [5, 5.41) is -0.251. The molecule has 0 saturated carbocycles. The van der Waals surface area contributed by atoms with E-state index in [1.54, 1.807) is 18.2 Å². The Kier molecular flexibility index (Phi) is 4.43. The highest BCUT2D eigenvalue weighted by molar-refractivity contribution is 7.89. The molecule has 1 atom stereocenters. The molecule has 0 aromatic heterocycles. The first kappa shape index (κ1) is 16.0. The van der Waals surface area contributed by atoms with Crippen LogP contribution < -0.4 is 14.2 Å². The minimum Gasteiger partial charge on any atom is -0.486 e. The van der Waals surface area contributed by atoms with Crippen LogP contribution in [0.1, 0.15) is 0 Å². The second-order valence-electron chi connectivity index (χ2n) is 4.93. The first-order valence-corrected chi connectivity index (χ1v) is 8.65. The van der Waals surface area contributed by atoms with Crippen molar-refractivity contribution in [3.05, 3.63) is 53.3 Å². The van der Waals surface area contributed by atoms with Gasteiger partial charge in [-0.3, -0.25) is 0 Å². The van der Waals surface area contributed by atoms with E-state index in [9.17, 15) is 12.8 Å². The van der Waals surface area contributed by atoms with Crippen molar-refractivity contribution < 1.29 is 22.3 Å². The number of benzene rings is 2. The van der Waals surface area contributed by atoms with E-state index in [1.807, 2.05) is 6.07 Å². The fraction of sp³-hybridized carbons (Fsp3) is 0.200. The lowest BCUT2D eigenvalue weighted by Gasteiger charge is -2.26. The average molecular weight is 358 g/mol. The van der Waals surface area contributed by atoms with Crippen molar-refractivity contribution in [2.75, 3.05) is 13.2 Å². The third-order valence-corrected chi connectivity index (χ3v) is 4.98. The van der Waals surface area contributed by atoms with Crippen LogP contribution in [-0.4, -0.2) is 27.7 Å². The number of hydrogen-bond donors (Lipinski definition) is 1. The van der Waals surface area contributed by atoms with E-state index in [2.05, 4.69) is 4.72 Å². The molecular weight excluding hydrogens is 345 g/mol. The monoisotopic (exact) mass is 357 g/mol. The van der Waals surface area contributed by atoms with Crippen LogP contribution >= 0.6 is 11.6 Å². The Hall–Kier alpha value is -1.83. The average Bonchev–Trinajstić information content (AvgIpc) is 2.55. The van der Waals surface area contributed by atoms with Gasteiger partial charge >= 0.3 is 0 Å². The number of para-hydroxylation sites is 2. The van der Waals surface area contributed by atoms with E-state index in [-0.39, 0.29) is 23.1 Å². The summed E-state index contributed by atoms with van der Waals surface area (Å²) >= 11 is 5.61. The zero-order chi connectivity index (χ0) is 16.4. The molecule has 3 rings (SSSR count). The lowest BCUT2D eigenvalue weighted by Crippen LogP contribution is -2.40. The van der Waals surface area contributed by atoms with Crippen LogP contribution in [0.25, 0.3) is 0 Å². The zero-order valence-electron chi connectivity index (χ0n) is 11.8. The Morgan fingerprint density at radius 1 is 1.22 bits per heavy atom. The lowest BCUT2D eigenvalue weighted by molar-refractivity contribution is 0.0943. The molecule has 0 unspecified atom stereocenters. The Morgan fingerprint density at radius 2 is 1.96 bits per heavy atom. The van der Waals surface area contributed by atoms with Crippen molar-refractivity contribution >= 4 is 21.6 Å². The molecule has 1 aliphatic rings. The Bertz CT molecular complexity index is 828. The van der Waals surface area contributed by atoms with Crippen molar-refractivity contribution in [1.29, 1.82) is 0 Å². The van der Waals surface area contributed by atoms with Gasteiger partial charge in [0.1, 0.15) is 18.5 Å². The van der Waals surface area contributed by atoms with Gasteiger partial charge in [-0.2, -0.15) is 0 Å². The number of halogens is 2. The highest BCUT2D eigenvalue weighted by Gasteiger charge is 2.23. The molecule has 122 valence electrons. The van der Waals surface area contributed by atoms with Gasteiger partial charge in [-0.1, -0.05) is 23.7 Å². The normalized spacial score (nSPS) is 17.0. The summed E-state index contributed by atoms with van der Waals surface area (Å²) < 4.78 is 51.1. The standard InChI is InChI=1S/C15H13ClFNO4S/c16-12-7-11(5-6-13(12)17)23(19,20)18-8-10-9-21-14-3-1-2-4-15(14)22-10/h1-7,10,18H,8-9H2/t10-/m1/s1. The van der Waals surface area contributed by atoms with E-state index in [0.717, 1.165) is 18.2 Å². The maximum atomic E-state index is 13.1. The maximum Gasteiger partial charge on any atom is 0.240 e.